The second-order valence-corrected chi connectivity index (χ2v) is 4.86. The van der Waals surface area contributed by atoms with Crippen molar-refractivity contribution in [3.05, 3.63) is 48.5 Å². The van der Waals surface area contributed by atoms with E-state index in [1.54, 1.807) is 6.07 Å². The Kier molecular flexibility index (Phi) is 4.46. The summed E-state index contributed by atoms with van der Waals surface area (Å²) in [4.78, 5) is 12.6. The highest BCUT2D eigenvalue weighted by Crippen LogP contribution is 2.21. The second kappa shape index (κ2) is 6.87. The molecule has 0 spiro atoms. The quantitative estimate of drug-likeness (QED) is 0.748. The molecule has 0 aliphatic carbocycles. The maximum absolute atomic E-state index is 5.35. The fourth-order valence-electron chi connectivity index (χ4n) is 2.04. The van der Waals surface area contributed by atoms with Crippen LogP contribution in [0.4, 0.5) is 5.82 Å². The molecule has 3 rings (SSSR count). The highest BCUT2D eigenvalue weighted by Gasteiger charge is 2.15. The van der Waals surface area contributed by atoms with Gasteiger partial charge in [0.15, 0.2) is 5.82 Å². The van der Waals surface area contributed by atoms with Crippen molar-refractivity contribution in [3.8, 4) is 17.3 Å². The first-order valence-corrected chi connectivity index (χ1v) is 7.36. The minimum atomic E-state index is -0.166. The van der Waals surface area contributed by atoms with Gasteiger partial charge in [-0.25, -0.2) is 9.97 Å². The number of hydrogen-bond acceptors (Lipinski definition) is 7. The SMILES string of the molecule is CCOc1cc(NC(C)c2noc(-c3ccccc3)n2)ncn1. The molecular formula is C16H17N5O2. The lowest BCUT2D eigenvalue weighted by atomic mass is 10.2. The van der Waals surface area contributed by atoms with E-state index < -0.39 is 0 Å². The molecule has 3 aromatic rings. The molecule has 23 heavy (non-hydrogen) atoms. The number of nitrogens with zero attached hydrogens (tertiary/aromatic N) is 4. The van der Waals surface area contributed by atoms with Crippen molar-refractivity contribution < 1.29 is 9.26 Å². The summed E-state index contributed by atoms with van der Waals surface area (Å²) in [6.07, 6.45) is 1.45. The van der Waals surface area contributed by atoms with Crippen molar-refractivity contribution in [3.63, 3.8) is 0 Å². The summed E-state index contributed by atoms with van der Waals surface area (Å²) < 4.78 is 10.7. The smallest absolute Gasteiger partial charge is 0.257 e. The van der Waals surface area contributed by atoms with Crippen molar-refractivity contribution in [1.82, 2.24) is 20.1 Å². The molecule has 0 aliphatic heterocycles. The lowest BCUT2D eigenvalue weighted by Gasteiger charge is -2.11. The van der Waals surface area contributed by atoms with Gasteiger partial charge < -0.3 is 14.6 Å². The maximum atomic E-state index is 5.35. The monoisotopic (exact) mass is 311 g/mol. The zero-order valence-electron chi connectivity index (χ0n) is 12.9. The number of benzene rings is 1. The average Bonchev–Trinajstić information content (AvgIpc) is 3.06. The molecule has 0 saturated carbocycles. The Bertz CT molecular complexity index is 760. The predicted molar refractivity (Wildman–Crippen MR) is 85.0 cm³/mol. The number of rotatable bonds is 6. The fraction of sp³-hybridized carbons (Fsp3) is 0.250. The molecule has 1 atom stereocenters. The lowest BCUT2D eigenvalue weighted by molar-refractivity contribution is 0.326. The van der Waals surface area contributed by atoms with Crippen molar-refractivity contribution >= 4 is 5.82 Å². The van der Waals surface area contributed by atoms with Crippen LogP contribution in [-0.2, 0) is 0 Å². The molecule has 2 aromatic heterocycles. The first-order chi connectivity index (χ1) is 11.3. The molecule has 1 N–H and O–H groups in total. The molecule has 1 unspecified atom stereocenters. The molecule has 7 heteroatoms. The van der Waals surface area contributed by atoms with E-state index >= 15 is 0 Å². The van der Waals surface area contributed by atoms with E-state index in [4.69, 9.17) is 9.26 Å². The molecule has 0 fully saturated rings. The zero-order valence-corrected chi connectivity index (χ0v) is 12.9. The van der Waals surface area contributed by atoms with Crippen LogP contribution in [-0.4, -0.2) is 26.7 Å². The molecule has 2 heterocycles. The summed E-state index contributed by atoms with van der Waals surface area (Å²) in [5.41, 5.74) is 0.888. The number of nitrogens with one attached hydrogen (secondary N) is 1. The number of anilines is 1. The standard InChI is InChI=1S/C16H17N5O2/c1-3-22-14-9-13(17-10-18-14)19-11(2)15-20-16(23-21-15)12-7-5-4-6-8-12/h4-11H,3H2,1-2H3,(H,17,18,19). The first-order valence-electron chi connectivity index (χ1n) is 7.36. The molecule has 0 radical (unpaired) electrons. The third-order valence-electron chi connectivity index (χ3n) is 3.15. The summed E-state index contributed by atoms with van der Waals surface area (Å²) >= 11 is 0. The summed E-state index contributed by atoms with van der Waals surface area (Å²) in [6.45, 7) is 4.39. The van der Waals surface area contributed by atoms with Gasteiger partial charge in [0.05, 0.1) is 12.6 Å². The first kappa shape index (κ1) is 15.0. The van der Waals surface area contributed by atoms with E-state index in [2.05, 4.69) is 25.4 Å². The summed E-state index contributed by atoms with van der Waals surface area (Å²) in [5.74, 6) is 2.21. The Morgan fingerprint density at radius 2 is 2.04 bits per heavy atom. The van der Waals surface area contributed by atoms with Crippen molar-refractivity contribution in [1.29, 1.82) is 0 Å². The summed E-state index contributed by atoms with van der Waals surface area (Å²) in [7, 11) is 0. The Hall–Kier alpha value is -2.96. The number of ether oxygens (including phenoxy) is 1. The number of hydrogen-bond donors (Lipinski definition) is 1. The van der Waals surface area contributed by atoms with Crippen LogP contribution >= 0.6 is 0 Å². The van der Waals surface area contributed by atoms with E-state index in [1.807, 2.05) is 44.2 Å². The van der Waals surface area contributed by atoms with Gasteiger partial charge in [-0.2, -0.15) is 4.98 Å². The molecule has 0 bridgehead atoms. The van der Waals surface area contributed by atoms with Gasteiger partial charge in [-0.3, -0.25) is 0 Å². The van der Waals surface area contributed by atoms with Crippen LogP contribution in [0.25, 0.3) is 11.5 Å². The lowest BCUT2D eigenvalue weighted by Crippen LogP contribution is -2.10. The van der Waals surface area contributed by atoms with Gasteiger partial charge in [0.2, 0.25) is 5.88 Å². The van der Waals surface area contributed by atoms with Crippen LogP contribution in [0.15, 0.2) is 47.2 Å². The minimum absolute atomic E-state index is 0.166. The van der Waals surface area contributed by atoms with Crippen LogP contribution in [0, 0.1) is 0 Å². The second-order valence-electron chi connectivity index (χ2n) is 4.86. The van der Waals surface area contributed by atoms with Crippen LogP contribution in [0.2, 0.25) is 0 Å². The normalized spacial score (nSPS) is 11.9. The Labute approximate surface area is 133 Å². The van der Waals surface area contributed by atoms with E-state index in [9.17, 15) is 0 Å². The van der Waals surface area contributed by atoms with Crippen molar-refractivity contribution in [2.45, 2.75) is 19.9 Å². The Balaban J connectivity index is 1.72. The van der Waals surface area contributed by atoms with Crippen LogP contribution < -0.4 is 10.1 Å². The number of aromatic nitrogens is 4. The minimum Gasteiger partial charge on any atom is -0.478 e. The van der Waals surface area contributed by atoms with Crippen LogP contribution in [0.1, 0.15) is 25.7 Å². The molecule has 7 nitrogen and oxygen atoms in total. The molecule has 118 valence electrons. The van der Waals surface area contributed by atoms with E-state index in [-0.39, 0.29) is 6.04 Å². The Morgan fingerprint density at radius 1 is 1.22 bits per heavy atom. The summed E-state index contributed by atoms with van der Waals surface area (Å²) in [6, 6.07) is 11.2. The summed E-state index contributed by atoms with van der Waals surface area (Å²) in [5, 5.41) is 7.23. The van der Waals surface area contributed by atoms with Gasteiger partial charge >= 0.3 is 0 Å². The van der Waals surface area contributed by atoms with E-state index in [1.165, 1.54) is 6.33 Å². The van der Waals surface area contributed by atoms with Gasteiger partial charge in [-0.05, 0) is 26.0 Å². The molecule has 0 aliphatic rings. The largest absolute Gasteiger partial charge is 0.478 e. The third kappa shape index (κ3) is 3.63. The molecule has 0 saturated heterocycles. The van der Waals surface area contributed by atoms with Gasteiger partial charge in [0.25, 0.3) is 5.89 Å². The van der Waals surface area contributed by atoms with Crippen molar-refractivity contribution in [2.24, 2.45) is 0 Å². The van der Waals surface area contributed by atoms with E-state index in [0.29, 0.717) is 30.0 Å². The van der Waals surface area contributed by atoms with Gasteiger partial charge in [0.1, 0.15) is 12.1 Å². The average molecular weight is 311 g/mol. The maximum Gasteiger partial charge on any atom is 0.257 e. The van der Waals surface area contributed by atoms with Crippen LogP contribution in [0.3, 0.4) is 0 Å². The Morgan fingerprint density at radius 3 is 2.83 bits per heavy atom. The van der Waals surface area contributed by atoms with Gasteiger partial charge in [-0.15, -0.1) is 0 Å². The zero-order chi connectivity index (χ0) is 16.1. The van der Waals surface area contributed by atoms with E-state index in [0.717, 1.165) is 5.56 Å². The fourth-order valence-corrected chi connectivity index (χ4v) is 2.04. The molecule has 0 amide bonds. The van der Waals surface area contributed by atoms with Crippen molar-refractivity contribution in [2.75, 3.05) is 11.9 Å². The third-order valence-corrected chi connectivity index (χ3v) is 3.15. The highest BCUT2D eigenvalue weighted by atomic mass is 16.5. The highest BCUT2D eigenvalue weighted by molar-refractivity contribution is 5.52. The predicted octanol–water partition coefficient (Wildman–Crippen LogP) is 3.10. The van der Waals surface area contributed by atoms with Gasteiger partial charge in [-0.1, -0.05) is 23.4 Å². The molecular weight excluding hydrogens is 294 g/mol. The van der Waals surface area contributed by atoms with Crippen LogP contribution in [0.5, 0.6) is 5.88 Å². The topological polar surface area (TPSA) is 86.0 Å². The van der Waals surface area contributed by atoms with Gasteiger partial charge in [0, 0.05) is 11.6 Å². The molecule has 1 aromatic carbocycles.